The Labute approximate surface area is 120 Å². The molecule has 1 heterocycles. The summed E-state index contributed by atoms with van der Waals surface area (Å²) >= 11 is 6.07. The summed E-state index contributed by atoms with van der Waals surface area (Å²) in [6, 6.07) is 5.62. The van der Waals surface area contributed by atoms with E-state index < -0.39 is 0 Å². The number of rotatable bonds is 4. The molecule has 0 bridgehead atoms. The summed E-state index contributed by atoms with van der Waals surface area (Å²) in [6.07, 6.45) is 3.29. The van der Waals surface area contributed by atoms with Crippen molar-refractivity contribution in [3.05, 3.63) is 28.8 Å². The Hall–Kier alpha value is -1.06. The van der Waals surface area contributed by atoms with Gasteiger partial charge in [0.05, 0.1) is 10.6 Å². The Bertz CT molecular complexity index is 442. The molecule has 19 heavy (non-hydrogen) atoms. The van der Waals surface area contributed by atoms with Crippen LogP contribution in [0.4, 0.5) is 5.69 Å². The number of aldehydes is 1. The van der Waals surface area contributed by atoms with Gasteiger partial charge >= 0.3 is 0 Å². The molecule has 3 nitrogen and oxygen atoms in total. The third-order valence-corrected chi connectivity index (χ3v) is 4.26. The Morgan fingerprint density at radius 2 is 2.11 bits per heavy atom. The van der Waals surface area contributed by atoms with E-state index in [1.807, 2.05) is 19.2 Å². The number of likely N-dealkylation sites (tertiary alicyclic amines) is 1. The molecule has 0 aromatic heterocycles. The maximum atomic E-state index is 11.2. The number of nitrogens with zero attached hydrogens (tertiary/aromatic N) is 2. The van der Waals surface area contributed by atoms with Crippen molar-refractivity contribution < 1.29 is 4.79 Å². The molecule has 0 saturated carbocycles. The van der Waals surface area contributed by atoms with Crippen molar-refractivity contribution in [2.24, 2.45) is 5.92 Å². The molecule has 1 aromatic rings. The monoisotopic (exact) mass is 280 g/mol. The lowest BCUT2D eigenvalue weighted by atomic mass is 9.96. The van der Waals surface area contributed by atoms with Crippen molar-refractivity contribution in [3.63, 3.8) is 0 Å². The van der Waals surface area contributed by atoms with E-state index >= 15 is 0 Å². The van der Waals surface area contributed by atoms with Gasteiger partial charge in [0.25, 0.3) is 0 Å². The van der Waals surface area contributed by atoms with E-state index in [9.17, 15) is 4.79 Å². The summed E-state index contributed by atoms with van der Waals surface area (Å²) in [5.41, 5.74) is 1.53. The fraction of sp³-hybridized carbons (Fsp3) is 0.533. The summed E-state index contributed by atoms with van der Waals surface area (Å²) in [7, 11) is 4.21. The molecule has 1 fully saturated rings. The summed E-state index contributed by atoms with van der Waals surface area (Å²) in [6.45, 7) is 3.30. The molecule has 1 aliphatic heterocycles. The third kappa shape index (κ3) is 3.48. The topological polar surface area (TPSA) is 23.6 Å². The molecule has 104 valence electrons. The first-order valence-corrected chi connectivity index (χ1v) is 7.13. The lowest BCUT2D eigenvalue weighted by molar-refractivity contribution is 0.112. The second-order valence-electron chi connectivity index (χ2n) is 5.42. The smallest absolute Gasteiger partial charge is 0.153 e. The van der Waals surface area contributed by atoms with Crippen LogP contribution in [0.25, 0.3) is 0 Å². The van der Waals surface area contributed by atoms with Crippen LogP contribution >= 0.6 is 11.6 Å². The predicted octanol–water partition coefficient (Wildman–Crippen LogP) is 2.93. The van der Waals surface area contributed by atoms with E-state index in [1.54, 1.807) is 6.07 Å². The minimum Gasteiger partial charge on any atom is -0.374 e. The number of piperidine rings is 1. The van der Waals surface area contributed by atoms with Gasteiger partial charge in [0.2, 0.25) is 0 Å². The summed E-state index contributed by atoms with van der Waals surface area (Å²) in [5, 5.41) is 0.530. The maximum Gasteiger partial charge on any atom is 0.153 e. The van der Waals surface area contributed by atoms with Crippen molar-refractivity contribution in [1.29, 1.82) is 0 Å². The molecule has 4 heteroatoms. The first-order chi connectivity index (χ1) is 9.11. The molecule has 0 spiro atoms. The molecule has 0 N–H and O–H groups in total. The highest BCUT2D eigenvalue weighted by Crippen LogP contribution is 2.27. The second-order valence-corrected chi connectivity index (χ2v) is 5.82. The zero-order valence-electron chi connectivity index (χ0n) is 11.6. The molecule has 0 atom stereocenters. The largest absolute Gasteiger partial charge is 0.374 e. The lowest BCUT2D eigenvalue weighted by Gasteiger charge is -2.32. The molecule has 1 saturated heterocycles. The van der Waals surface area contributed by atoms with E-state index in [4.69, 9.17) is 11.6 Å². The highest BCUT2D eigenvalue weighted by atomic mass is 35.5. The van der Waals surface area contributed by atoms with E-state index in [1.165, 1.54) is 12.8 Å². The highest BCUT2D eigenvalue weighted by molar-refractivity contribution is 6.33. The van der Waals surface area contributed by atoms with Gasteiger partial charge in [0, 0.05) is 19.3 Å². The average molecular weight is 281 g/mol. The van der Waals surface area contributed by atoms with Crippen LogP contribution in [-0.2, 0) is 0 Å². The summed E-state index contributed by atoms with van der Waals surface area (Å²) < 4.78 is 0. The summed E-state index contributed by atoms with van der Waals surface area (Å²) in [5.74, 6) is 0.694. The van der Waals surface area contributed by atoms with Gasteiger partial charge in [-0.15, -0.1) is 0 Å². The quantitative estimate of drug-likeness (QED) is 0.793. The molecular formula is C15H21ClN2O. The van der Waals surface area contributed by atoms with Crippen LogP contribution in [0.3, 0.4) is 0 Å². The van der Waals surface area contributed by atoms with Crippen molar-refractivity contribution in [3.8, 4) is 0 Å². The standard InChI is InChI=1S/C15H21ClN2O/c1-17-8-6-12(7-9-17)10-18(2)15-5-3-4-14(16)13(15)11-19/h3-5,11-12H,6-10H2,1-2H3. The number of carbonyl (C=O) groups is 1. The fourth-order valence-electron chi connectivity index (χ4n) is 2.71. The highest BCUT2D eigenvalue weighted by Gasteiger charge is 2.19. The third-order valence-electron chi connectivity index (χ3n) is 3.93. The SMILES string of the molecule is CN1CCC(CN(C)c2cccc(Cl)c2C=O)CC1. The van der Waals surface area contributed by atoms with Gasteiger partial charge in [-0.1, -0.05) is 17.7 Å². The van der Waals surface area contributed by atoms with Crippen LogP contribution in [0.2, 0.25) is 5.02 Å². The van der Waals surface area contributed by atoms with Gasteiger partial charge in [-0.05, 0) is 51.0 Å². The normalized spacial score (nSPS) is 17.4. The fourth-order valence-corrected chi connectivity index (χ4v) is 2.92. The minimum absolute atomic E-state index is 0.530. The second kappa shape index (κ2) is 6.40. The Morgan fingerprint density at radius 3 is 2.74 bits per heavy atom. The zero-order chi connectivity index (χ0) is 13.8. The van der Waals surface area contributed by atoms with Crippen LogP contribution in [0.15, 0.2) is 18.2 Å². The van der Waals surface area contributed by atoms with Gasteiger partial charge in [0.15, 0.2) is 6.29 Å². The minimum atomic E-state index is 0.530. The molecule has 0 amide bonds. The molecule has 0 unspecified atom stereocenters. The molecular weight excluding hydrogens is 260 g/mol. The van der Waals surface area contributed by atoms with Crippen molar-refractivity contribution >= 4 is 23.6 Å². The number of benzene rings is 1. The molecule has 1 aromatic carbocycles. The summed E-state index contributed by atoms with van der Waals surface area (Å²) in [4.78, 5) is 15.7. The van der Waals surface area contributed by atoms with E-state index in [0.717, 1.165) is 31.6 Å². The van der Waals surface area contributed by atoms with Gasteiger partial charge in [-0.2, -0.15) is 0 Å². The van der Waals surface area contributed by atoms with Gasteiger partial charge in [0.1, 0.15) is 0 Å². The van der Waals surface area contributed by atoms with Crippen LogP contribution in [0.1, 0.15) is 23.2 Å². The molecule has 1 aliphatic rings. The number of anilines is 1. The van der Waals surface area contributed by atoms with Crippen LogP contribution in [0, 0.1) is 5.92 Å². The van der Waals surface area contributed by atoms with E-state index in [2.05, 4.69) is 16.8 Å². The van der Waals surface area contributed by atoms with E-state index in [0.29, 0.717) is 16.5 Å². The van der Waals surface area contributed by atoms with Crippen LogP contribution in [-0.4, -0.2) is 44.9 Å². The molecule has 2 rings (SSSR count). The zero-order valence-corrected chi connectivity index (χ0v) is 12.4. The number of hydrogen-bond donors (Lipinski definition) is 0. The number of hydrogen-bond acceptors (Lipinski definition) is 3. The van der Waals surface area contributed by atoms with Crippen LogP contribution < -0.4 is 4.90 Å². The van der Waals surface area contributed by atoms with Gasteiger partial charge in [-0.25, -0.2) is 0 Å². The first kappa shape index (κ1) is 14.4. The van der Waals surface area contributed by atoms with Gasteiger partial charge in [-0.3, -0.25) is 4.79 Å². The Kier molecular flexibility index (Phi) is 4.83. The molecule has 0 aliphatic carbocycles. The first-order valence-electron chi connectivity index (χ1n) is 6.75. The van der Waals surface area contributed by atoms with Crippen LogP contribution in [0.5, 0.6) is 0 Å². The van der Waals surface area contributed by atoms with Crippen molar-refractivity contribution in [1.82, 2.24) is 4.90 Å². The Morgan fingerprint density at radius 1 is 1.42 bits per heavy atom. The van der Waals surface area contributed by atoms with Crippen molar-refractivity contribution in [2.75, 3.05) is 38.6 Å². The van der Waals surface area contributed by atoms with E-state index in [-0.39, 0.29) is 0 Å². The predicted molar refractivity (Wildman–Crippen MR) is 80.3 cm³/mol. The van der Waals surface area contributed by atoms with Gasteiger partial charge < -0.3 is 9.80 Å². The number of halogens is 1. The average Bonchev–Trinajstić information content (AvgIpc) is 2.41. The maximum absolute atomic E-state index is 11.2. The van der Waals surface area contributed by atoms with Crippen molar-refractivity contribution in [2.45, 2.75) is 12.8 Å². The lowest BCUT2D eigenvalue weighted by Crippen LogP contribution is -2.36. The Balaban J connectivity index is 2.05. The number of carbonyl (C=O) groups excluding carboxylic acids is 1. The molecule has 0 radical (unpaired) electrons.